The monoisotopic (exact) mass is 322 g/mol. The molecule has 1 N–H and O–H groups in total. The highest BCUT2D eigenvalue weighted by Gasteiger charge is 2.36. The normalized spacial score (nSPS) is 20.8. The summed E-state index contributed by atoms with van der Waals surface area (Å²) in [5, 5.41) is 9.35. The molecular weight excluding hydrogens is 304 g/mol. The fourth-order valence-corrected chi connectivity index (χ4v) is 3.43. The number of hydrogen-bond donors (Lipinski definition) is 1. The fraction of sp³-hybridized carbons (Fsp3) is 0.500. The molecule has 0 bridgehead atoms. The largest absolute Gasteiger partial charge is 0.478 e. The van der Waals surface area contributed by atoms with Crippen molar-refractivity contribution < 1.29 is 14.6 Å². The molecule has 1 fully saturated rings. The van der Waals surface area contributed by atoms with Crippen LogP contribution in [0.3, 0.4) is 0 Å². The van der Waals surface area contributed by atoms with Crippen molar-refractivity contribution in [2.45, 2.75) is 31.8 Å². The third kappa shape index (κ3) is 2.96. The smallest absolute Gasteiger partial charge is 0.337 e. The summed E-state index contributed by atoms with van der Waals surface area (Å²) in [7, 11) is 0. The lowest BCUT2D eigenvalue weighted by Gasteiger charge is -2.42. The van der Waals surface area contributed by atoms with Gasteiger partial charge in [0.15, 0.2) is 0 Å². The number of nitrogens with zero attached hydrogens (tertiary/aromatic N) is 2. The lowest BCUT2D eigenvalue weighted by molar-refractivity contribution is -0.0326. The van der Waals surface area contributed by atoms with Crippen molar-refractivity contribution in [3.8, 4) is 0 Å². The standard InChI is InChI=1S/C16H19ClN2O3/c1-11-2-7-22-16(9-11)3-5-19(6-4-16)14-13(17)8-12(10-18-14)15(20)21/h8-10H,2-7H2,1H3,(H,20,21). The zero-order valence-corrected chi connectivity index (χ0v) is 13.3. The fourth-order valence-electron chi connectivity index (χ4n) is 3.14. The molecule has 118 valence electrons. The third-order valence-corrected chi connectivity index (χ3v) is 4.65. The average Bonchev–Trinajstić information content (AvgIpc) is 2.48. The number of piperidine rings is 1. The van der Waals surface area contributed by atoms with Crippen LogP contribution in [0.1, 0.15) is 36.5 Å². The van der Waals surface area contributed by atoms with Crippen molar-refractivity contribution in [2.75, 3.05) is 24.6 Å². The van der Waals surface area contributed by atoms with Gasteiger partial charge in [0.2, 0.25) is 0 Å². The predicted molar refractivity (Wildman–Crippen MR) is 84.7 cm³/mol. The number of aromatic nitrogens is 1. The summed E-state index contributed by atoms with van der Waals surface area (Å²) in [4.78, 5) is 17.3. The van der Waals surface area contributed by atoms with Crippen molar-refractivity contribution in [1.29, 1.82) is 0 Å². The van der Waals surface area contributed by atoms with E-state index in [2.05, 4.69) is 22.9 Å². The van der Waals surface area contributed by atoms with Gasteiger partial charge in [-0.05, 0) is 32.3 Å². The molecule has 1 aromatic rings. The molecule has 3 rings (SSSR count). The van der Waals surface area contributed by atoms with Crippen molar-refractivity contribution in [2.24, 2.45) is 0 Å². The summed E-state index contributed by atoms with van der Waals surface area (Å²) >= 11 is 6.20. The van der Waals surface area contributed by atoms with Gasteiger partial charge in [-0.1, -0.05) is 23.3 Å². The molecule has 22 heavy (non-hydrogen) atoms. The summed E-state index contributed by atoms with van der Waals surface area (Å²) in [5.41, 5.74) is 1.35. The lowest BCUT2D eigenvalue weighted by atomic mass is 9.87. The number of aromatic carboxylic acids is 1. The Morgan fingerprint density at radius 1 is 1.45 bits per heavy atom. The van der Waals surface area contributed by atoms with Crippen LogP contribution in [0.4, 0.5) is 5.82 Å². The summed E-state index contributed by atoms with van der Waals surface area (Å²) in [6.07, 6.45) is 6.41. The number of halogens is 1. The highest BCUT2D eigenvalue weighted by Crippen LogP contribution is 2.35. The number of ether oxygens (including phenoxy) is 1. The molecule has 0 aromatic carbocycles. The van der Waals surface area contributed by atoms with E-state index in [9.17, 15) is 4.79 Å². The molecule has 2 aliphatic rings. The van der Waals surface area contributed by atoms with Gasteiger partial charge in [-0.2, -0.15) is 0 Å². The molecule has 2 aliphatic heterocycles. The zero-order chi connectivity index (χ0) is 15.7. The molecule has 0 saturated carbocycles. The number of carboxylic acids is 1. The van der Waals surface area contributed by atoms with E-state index in [4.69, 9.17) is 21.4 Å². The minimum atomic E-state index is -1.02. The SMILES string of the molecule is CC1=CC2(CCN(c3ncc(C(=O)O)cc3Cl)CC2)OCC1. The van der Waals surface area contributed by atoms with Crippen LogP contribution in [0, 0.1) is 0 Å². The number of carbonyl (C=O) groups is 1. The number of anilines is 1. The van der Waals surface area contributed by atoms with Crippen molar-refractivity contribution in [3.63, 3.8) is 0 Å². The van der Waals surface area contributed by atoms with Gasteiger partial charge in [-0.3, -0.25) is 0 Å². The molecule has 0 amide bonds. The first kappa shape index (κ1) is 15.3. The van der Waals surface area contributed by atoms with Crippen LogP contribution in [0.5, 0.6) is 0 Å². The minimum absolute atomic E-state index is 0.108. The molecule has 5 nitrogen and oxygen atoms in total. The number of hydrogen-bond acceptors (Lipinski definition) is 4. The molecule has 6 heteroatoms. The quantitative estimate of drug-likeness (QED) is 0.847. The third-order valence-electron chi connectivity index (χ3n) is 4.37. The maximum Gasteiger partial charge on any atom is 0.337 e. The van der Waals surface area contributed by atoms with E-state index in [0.29, 0.717) is 10.8 Å². The van der Waals surface area contributed by atoms with Crippen molar-refractivity contribution >= 4 is 23.4 Å². The van der Waals surface area contributed by atoms with Gasteiger partial charge in [0.1, 0.15) is 5.82 Å². The van der Waals surface area contributed by atoms with E-state index in [1.807, 2.05) is 0 Å². The second-order valence-electron chi connectivity index (χ2n) is 5.98. The maximum atomic E-state index is 10.9. The molecular formula is C16H19ClN2O3. The van der Waals surface area contributed by atoms with Crippen LogP contribution in [-0.4, -0.2) is 41.4 Å². The molecule has 1 aromatic heterocycles. The molecule has 0 aliphatic carbocycles. The van der Waals surface area contributed by atoms with Gasteiger partial charge in [0.05, 0.1) is 22.8 Å². The Labute approximate surface area is 134 Å². The molecule has 0 radical (unpaired) electrons. The highest BCUT2D eigenvalue weighted by molar-refractivity contribution is 6.33. The first-order valence-electron chi connectivity index (χ1n) is 7.45. The summed E-state index contributed by atoms with van der Waals surface area (Å²) < 4.78 is 6.01. The van der Waals surface area contributed by atoms with E-state index in [-0.39, 0.29) is 11.2 Å². The Morgan fingerprint density at radius 3 is 2.77 bits per heavy atom. The highest BCUT2D eigenvalue weighted by atomic mass is 35.5. The van der Waals surface area contributed by atoms with Gasteiger partial charge in [-0.15, -0.1) is 0 Å². The van der Waals surface area contributed by atoms with Gasteiger partial charge in [0.25, 0.3) is 0 Å². The minimum Gasteiger partial charge on any atom is -0.478 e. The Morgan fingerprint density at radius 2 is 2.18 bits per heavy atom. The van der Waals surface area contributed by atoms with Crippen LogP contribution in [0.2, 0.25) is 5.02 Å². The summed E-state index contributed by atoms with van der Waals surface area (Å²) in [6, 6.07) is 1.46. The van der Waals surface area contributed by atoms with Gasteiger partial charge < -0.3 is 14.7 Å². The van der Waals surface area contributed by atoms with Crippen LogP contribution in [0.25, 0.3) is 0 Å². The van der Waals surface area contributed by atoms with E-state index in [1.54, 1.807) is 0 Å². The van der Waals surface area contributed by atoms with Gasteiger partial charge in [-0.25, -0.2) is 9.78 Å². The van der Waals surface area contributed by atoms with Crippen LogP contribution in [-0.2, 0) is 4.74 Å². The molecule has 1 saturated heterocycles. The zero-order valence-electron chi connectivity index (χ0n) is 12.5. The Bertz CT molecular complexity index is 622. The van der Waals surface area contributed by atoms with E-state index >= 15 is 0 Å². The summed E-state index contributed by atoms with van der Waals surface area (Å²) in [6.45, 7) is 4.53. The number of pyridine rings is 1. The number of rotatable bonds is 2. The molecule has 1 spiro atoms. The van der Waals surface area contributed by atoms with Crippen LogP contribution < -0.4 is 4.90 Å². The van der Waals surface area contributed by atoms with Crippen molar-refractivity contribution in [1.82, 2.24) is 4.98 Å². The van der Waals surface area contributed by atoms with E-state index < -0.39 is 5.97 Å². The summed E-state index contributed by atoms with van der Waals surface area (Å²) in [5.74, 6) is -0.368. The molecule has 0 unspecified atom stereocenters. The van der Waals surface area contributed by atoms with Gasteiger partial charge in [0, 0.05) is 19.3 Å². The molecule has 0 atom stereocenters. The van der Waals surface area contributed by atoms with E-state index in [0.717, 1.165) is 39.0 Å². The topological polar surface area (TPSA) is 62.7 Å². The second kappa shape index (κ2) is 5.89. The first-order chi connectivity index (χ1) is 10.5. The van der Waals surface area contributed by atoms with Crippen molar-refractivity contribution in [3.05, 3.63) is 34.5 Å². The first-order valence-corrected chi connectivity index (χ1v) is 7.83. The Hall–Kier alpha value is -1.59. The number of carboxylic acid groups (broad SMARTS) is 1. The lowest BCUT2D eigenvalue weighted by Crippen LogP contribution is -2.46. The van der Waals surface area contributed by atoms with Crippen LogP contribution >= 0.6 is 11.6 Å². The second-order valence-corrected chi connectivity index (χ2v) is 6.38. The Kier molecular flexibility index (Phi) is 4.10. The molecule has 3 heterocycles. The van der Waals surface area contributed by atoms with Crippen LogP contribution in [0.15, 0.2) is 23.9 Å². The maximum absolute atomic E-state index is 10.9. The van der Waals surface area contributed by atoms with E-state index in [1.165, 1.54) is 17.8 Å². The Balaban J connectivity index is 1.74. The predicted octanol–water partition coefficient (Wildman–Crippen LogP) is 3.14. The van der Waals surface area contributed by atoms with Gasteiger partial charge >= 0.3 is 5.97 Å². The average molecular weight is 323 g/mol.